The molecular weight excluding hydrogens is 357 g/mol. The number of hydrogen-bond acceptors (Lipinski definition) is 5. The molecule has 0 fully saturated rings. The SMILES string of the molecule is C#CCOC(=O)C1C(C)=Nc2nc(CC)c(C)c(N)c2C1c1cccc(F)c1. The quantitative estimate of drug-likeness (QED) is 0.649. The monoisotopic (exact) mass is 379 g/mol. The lowest BCUT2D eigenvalue weighted by Crippen LogP contribution is -2.34. The lowest BCUT2D eigenvalue weighted by molar-refractivity contribution is -0.145. The molecule has 0 amide bonds. The Balaban J connectivity index is 2.26. The molecule has 2 aromatic rings. The number of nitrogen functional groups attached to an aromatic ring is 1. The van der Waals surface area contributed by atoms with Crippen LogP contribution in [-0.2, 0) is 16.0 Å². The van der Waals surface area contributed by atoms with E-state index in [1.165, 1.54) is 12.1 Å². The van der Waals surface area contributed by atoms with E-state index in [0.29, 0.717) is 34.8 Å². The van der Waals surface area contributed by atoms with Crippen molar-refractivity contribution in [1.29, 1.82) is 0 Å². The van der Waals surface area contributed by atoms with E-state index >= 15 is 0 Å². The smallest absolute Gasteiger partial charge is 0.316 e. The maximum atomic E-state index is 14.0. The Morgan fingerprint density at radius 2 is 2.14 bits per heavy atom. The van der Waals surface area contributed by atoms with Gasteiger partial charge in [0.05, 0.1) is 0 Å². The first-order valence-electron chi connectivity index (χ1n) is 9.08. The molecule has 144 valence electrons. The number of fused-ring (bicyclic) bond motifs is 1. The number of ether oxygens (including phenoxy) is 1. The Labute approximate surface area is 163 Å². The van der Waals surface area contributed by atoms with Gasteiger partial charge in [-0.05, 0) is 43.5 Å². The van der Waals surface area contributed by atoms with E-state index in [-0.39, 0.29) is 6.61 Å². The summed E-state index contributed by atoms with van der Waals surface area (Å²) >= 11 is 0. The van der Waals surface area contributed by atoms with Gasteiger partial charge in [0.1, 0.15) is 11.7 Å². The first kappa shape index (κ1) is 19.6. The minimum atomic E-state index is -0.765. The van der Waals surface area contributed by atoms with Crippen LogP contribution in [0.5, 0.6) is 0 Å². The fraction of sp³-hybridized carbons (Fsp3) is 0.318. The molecule has 0 bridgehead atoms. The first-order valence-corrected chi connectivity index (χ1v) is 9.08. The minimum absolute atomic E-state index is 0.146. The summed E-state index contributed by atoms with van der Waals surface area (Å²) in [6.45, 7) is 5.47. The van der Waals surface area contributed by atoms with Crippen molar-refractivity contribution in [3.63, 3.8) is 0 Å². The van der Waals surface area contributed by atoms with E-state index in [1.54, 1.807) is 19.1 Å². The number of aliphatic imine (C=N–C) groups is 1. The number of hydrogen-bond donors (Lipinski definition) is 1. The van der Waals surface area contributed by atoms with E-state index in [9.17, 15) is 9.18 Å². The second kappa shape index (κ2) is 7.81. The topological polar surface area (TPSA) is 77.6 Å². The number of anilines is 1. The molecule has 1 aliphatic heterocycles. The van der Waals surface area contributed by atoms with Crippen molar-refractivity contribution in [2.45, 2.75) is 33.1 Å². The highest BCUT2D eigenvalue weighted by atomic mass is 19.1. The molecule has 0 spiro atoms. The molecule has 3 rings (SSSR count). The Bertz CT molecular complexity index is 1010. The van der Waals surface area contributed by atoms with Crippen LogP contribution in [0.4, 0.5) is 15.9 Å². The van der Waals surface area contributed by atoms with Gasteiger partial charge in [-0.2, -0.15) is 0 Å². The van der Waals surface area contributed by atoms with Crippen molar-refractivity contribution in [3.8, 4) is 12.3 Å². The molecular formula is C22H22FN3O2. The summed E-state index contributed by atoms with van der Waals surface area (Å²) < 4.78 is 19.2. The number of terminal acetylenes is 1. The van der Waals surface area contributed by atoms with Gasteiger partial charge in [-0.25, -0.2) is 14.4 Å². The van der Waals surface area contributed by atoms with E-state index < -0.39 is 23.6 Å². The zero-order valence-corrected chi connectivity index (χ0v) is 16.1. The molecule has 28 heavy (non-hydrogen) atoms. The number of aryl methyl sites for hydroxylation is 1. The maximum absolute atomic E-state index is 14.0. The normalized spacial score (nSPS) is 18.0. The Hall–Kier alpha value is -3.20. The van der Waals surface area contributed by atoms with Crippen LogP contribution in [-0.4, -0.2) is 23.3 Å². The fourth-order valence-electron chi connectivity index (χ4n) is 3.70. The standard InChI is InChI=1S/C22H22FN3O2/c1-5-10-28-22(27)17-13(4)25-21-19(20(24)12(3)16(6-2)26-21)18(17)14-8-7-9-15(23)11-14/h1,7-9,11,17-18H,6,10H2,2-4H3,(H2,24,26). The summed E-state index contributed by atoms with van der Waals surface area (Å²) in [5.74, 6) is 0.510. The van der Waals surface area contributed by atoms with Crippen LogP contribution in [0.2, 0.25) is 0 Å². The van der Waals surface area contributed by atoms with Gasteiger partial charge in [-0.1, -0.05) is 25.0 Å². The summed E-state index contributed by atoms with van der Waals surface area (Å²) in [6.07, 6.45) is 5.93. The van der Waals surface area contributed by atoms with Crippen LogP contribution in [0.15, 0.2) is 29.3 Å². The number of nitrogens with two attached hydrogens (primary N) is 1. The lowest BCUT2D eigenvalue weighted by Gasteiger charge is -2.32. The molecule has 2 atom stereocenters. The molecule has 1 aromatic carbocycles. The third-order valence-electron chi connectivity index (χ3n) is 5.08. The molecule has 0 saturated carbocycles. The molecule has 0 radical (unpaired) electrons. The van der Waals surface area contributed by atoms with Gasteiger partial charge in [0.2, 0.25) is 0 Å². The van der Waals surface area contributed by atoms with Crippen molar-refractivity contribution in [3.05, 3.63) is 52.5 Å². The zero-order chi connectivity index (χ0) is 20.4. The van der Waals surface area contributed by atoms with Crippen LogP contribution < -0.4 is 5.73 Å². The predicted molar refractivity (Wildman–Crippen MR) is 107 cm³/mol. The number of carbonyl (C=O) groups is 1. The van der Waals surface area contributed by atoms with Crippen molar-refractivity contribution in [2.24, 2.45) is 10.9 Å². The summed E-state index contributed by atoms with van der Waals surface area (Å²) in [5.41, 5.74) is 10.4. The molecule has 2 heterocycles. The summed E-state index contributed by atoms with van der Waals surface area (Å²) in [7, 11) is 0. The van der Waals surface area contributed by atoms with Crippen molar-refractivity contribution >= 4 is 23.2 Å². The lowest BCUT2D eigenvalue weighted by atomic mass is 9.75. The van der Waals surface area contributed by atoms with Gasteiger partial charge in [0.25, 0.3) is 0 Å². The third kappa shape index (κ3) is 3.36. The van der Waals surface area contributed by atoms with Crippen molar-refractivity contribution in [1.82, 2.24) is 4.98 Å². The Morgan fingerprint density at radius 1 is 1.39 bits per heavy atom. The van der Waals surface area contributed by atoms with Gasteiger partial charge >= 0.3 is 5.97 Å². The van der Waals surface area contributed by atoms with Crippen LogP contribution in [0.3, 0.4) is 0 Å². The highest BCUT2D eigenvalue weighted by molar-refractivity contribution is 6.05. The van der Waals surface area contributed by atoms with E-state index in [0.717, 1.165) is 11.3 Å². The van der Waals surface area contributed by atoms with E-state index in [1.807, 2.05) is 13.8 Å². The van der Waals surface area contributed by atoms with Crippen molar-refractivity contribution in [2.75, 3.05) is 12.3 Å². The number of benzene rings is 1. The minimum Gasteiger partial charge on any atom is -0.452 e. The van der Waals surface area contributed by atoms with Crippen LogP contribution in [0.1, 0.15) is 42.1 Å². The largest absolute Gasteiger partial charge is 0.452 e. The molecule has 2 N–H and O–H groups in total. The fourth-order valence-corrected chi connectivity index (χ4v) is 3.70. The number of esters is 1. The molecule has 0 aliphatic carbocycles. The third-order valence-corrected chi connectivity index (χ3v) is 5.08. The summed E-state index contributed by atoms with van der Waals surface area (Å²) in [4.78, 5) is 22.0. The number of nitrogens with zero attached hydrogens (tertiary/aromatic N) is 2. The highest BCUT2D eigenvalue weighted by Gasteiger charge is 2.41. The van der Waals surface area contributed by atoms with Crippen LogP contribution in [0, 0.1) is 31.0 Å². The number of rotatable bonds is 4. The highest BCUT2D eigenvalue weighted by Crippen LogP contribution is 2.46. The summed E-state index contributed by atoms with van der Waals surface area (Å²) in [5, 5.41) is 0. The second-order valence-corrected chi connectivity index (χ2v) is 6.76. The van der Waals surface area contributed by atoms with Gasteiger partial charge in [-0.3, -0.25) is 4.79 Å². The molecule has 1 aliphatic rings. The number of aromatic nitrogens is 1. The zero-order valence-electron chi connectivity index (χ0n) is 16.1. The molecule has 5 nitrogen and oxygen atoms in total. The average molecular weight is 379 g/mol. The van der Waals surface area contributed by atoms with Gasteiger partial charge in [0.15, 0.2) is 12.4 Å². The van der Waals surface area contributed by atoms with Crippen LogP contribution >= 0.6 is 0 Å². The molecule has 0 saturated heterocycles. The number of carbonyl (C=O) groups excluding carboxylic acids is 1. The van der Waals surface area contributed by atoms with Gasteiger partial charge < -0.3 is 10.5 Å². The summed E-state index contributed by atoms with van der Waals surface area (Å²) in [6, 6.07) is 6.12. The van der Waals surface area contributed by atoms with Crippen molar-refractivity contribution < 1.29 is 13.9 Å². The Kier molecular flexibility index (Phi) is 5.46. The Morgan fingerprint density at radius 3 is 2.79 bits per heavy atom. The molecule has 6 heteroatoms. The van der Waals surface area contributed by atoms with Gasteiger partial charge in [-0.15, -0.1) is 6.42 Å². The van der Waals surface area contributed by atoms with Crippen LogP contribution in [0.25, 0.3) is 0 Å². The number of pyridine rings is 1. The van der Waals surface area contributed by atoms with E-state index in [2.05, 4.69) is 15.9 Å². The first-order chi connectivity index (χ1) is 13.4. The van der Waals surface area contributed by atoms with Gasteiger partial charge in [0, 0.05) is 28.6 Å². The predicted octanol–water partition coefficient (Wildman–Crippen LogP) is 3.70. The molecule has 2 unspecified atom stereocenters. The maximum Gasteiger partial charge on any atom is 0.316 e. The second-order valence-electron chi connectivity index (χ2n) is 6.76. The number of halogens is 1. The average Bonchev–Trinajstić information content (AvgIpc) is 2.67. The molecule has 1 aromatic heterocycles. The van der Waals surface area contributed by atoms with E-state index in [4.69, 9.17) is 16.9 Å².